The summed E-state index contributed by atoms with van der Waals surface area (Å²) in [4.78, 5) is 0. The van der Waals surface area contributed by atoms with E-state index in [2.05, 4.69) is 6.92 Å². The van der Waals surface area contributed by atoms with Gasteiger partial charge in [-0.15, -0.1) is 0 Å². The highest BCUT2D eigenvalue weighted by molar-refractivity contribution is 6.31. The zero-order chi connectivity index (χ0) is 11.1. The summed E-state index contributed by atoms with van der Waals surface area (Å²) in [5.74, 6) is 0.836. The molecule has 0 aliphatic carbocycles. The second-order valence-corrected chi connectivity index (χ2v) is 3.73. The molecule has 1 aromatic carbocycles. The van der Waals surface area contributed by atoms with Crippen molar-refractivity contribution in [3.63, 3.8) is 0 Å². The first-order chi connectivity index (χ1) is 7.25. The quantitative estimate of drug-likeness (QED) is 0.695. The minimum absolute atomic E-state index is 0.571. The molecule has 0 heterocycles. The number of halogens is 1. The van der Waals surface area contributed by atoms with Crippen molar-refractivity contribution >= 4 is 11.6 Å². The molecule has 1 rings (SSSR count). The number of benzene rings is 1. The average molecular weight is 229 g/mol. The number of ether oxygens (including phenoxy) is 2. The molecular formula is C12H17ClO2. The van der Waals surface area contributed by atoms with Gasteiger partial charge in [-0.05, 0) is 25.5 Å². The molecule has 0 saturated heterocycles. The first kappa shape index (κ1) is 12.3. The molecule has 0 spiro atoms. The highest BCUT2D eigenvalue weighted by atomic mass is 35.5. The van der Waals surface area contributed by atoms with Gasteiger partial charge in [0.05, 0.1) is 6.61 Å². The van der Waals surface area contributed by atoms with Crippen LogP contribution in [-0.4, -0.2) is 19.8 Å². The summed E-state index contributed by atoms with van der Waals surface area (Å²) in [6.45, 7) is 6.02. The van der Waals surface area contributed by atoms with Gasteiger partial charge >= 0.3 is 0 Å². The van der Waals surface area contributed by atoms with Gasteiger partial charge in [-0.1, -0.05) is 24.6 Å². The Morgan fingerprint density at radius 2 is 2.00 bits per heavy atom. The summed E-state index contributed by atoms with van der Waals surface area (Å²) in [5, 5.41) is 0.738. The molecule has 0 bridgehead atoms. The molecule has 2 nitrogen and oxygen atoms in total. The van der Waals surface area contributed by atoms with Gasteiger partial charge in [-0.3, -0.25) is 0 Å². The van der Waals surface area contributed by atoms with Crippen molar-refractivity contribution in [2.45, 2.75) is 20.3 Å². The third-order valence-electron chi connectivity index (χ3n) is 2.05. The third-order valence-corrected chi connectivity index (χ3v) is 2.46. The lowest BCUT2D eigenvalue weighted by molar-refractivity contribution is 0.100. The van der Waals surface area contributed by atoms with E-state index in [1.807, 2.05) is 25.1 Å². The minimum atomic E-state index is 0.571. The fourth-order valence-corrected chi connectivity index (χ4v) is 1.37. The van der Waals surface area contributed by atoms with Crippen LogP contribution in [0.5, 0.6) is 5.75 Å². The molecule has 3 heteroatoms. The standard InChI is InChI=1S/C12H17ClO2/c1-3-7-14-8-9-15-12-6-4-5-11(13)10(12)2/h4-6H,3,7-9H2,1-2H3. The van der Waals surface area contributed by atoms with Crippen LogP contribution in [0.3, 0.4) is 0 Å². The number of rotatable bonds is 6. The Morgan fingerprint density at radius 1 is 1.20 bits per heavy atom. The van der Waals surface area contributed by atoms with E-state index in [9.17, 15) is 0 Å². The molecule has 1 aromatic rings. The van der Waals surface area contributed by atoms with Crippen molar-refractivity contribution in [1.82, 2.24) is 0 Å². The van der Waals surface area contributed by atoms with Crippen LogP contribution < -0.4 is 4.74 Å². The van der Waals surface area contributed by atoms with Crippen molar-refractivity contribution in [2.24, 2.45) is 0 Å². The molecule has 0 fully saturated rings. The topological polar surface area (TPSA) is 18.5 Å². The maximum Gasteiger partial charge on any atom is 0.123 e. The summed E-state index contributed by atoms with van der Waals surface area (Å²) >= 11 is 5.97. The molecule has 0 aliphatic rings. The third kappa shape index (κ3) is 4.10. The lowest BCUT2D eigenvalue weighted by Gasteiger charge is -2.09. The number of hydrogen-bond acceptors (Lipinski definition) is 2. The van der Waals surface area contributed by atoms with E-state index < -0.39 is 0 Å². The molecule has 0 aliphatic heterocycles. The van der Waals surface area contributed by atoms with Gasteiger partial charge in [0.2, 0.25) is 0 Å². The summed E-state index contributed by atoms with van der Waals surface area (Å²) in [7, 11) is 0. The van der Waals surface area contributed by atoms with Gasteiger partial charge in [-0.2, -0.15) is 0 Å². The van der Waals surface area contributed by atoms with Crippen LogP contribution in [-0.2, 0) is 4.74 Å². The maximum absolute atomic E-state index is 5.97. The number of hydrogen-bond donors (Lipinski definition) is 0. The van der Waals surface area contributed by atoms with E-state index in [0.29, 0.717) is 13.2 Å². The smallest absolute Gasteiger partial charge is 0.123 e. The Bertz CT molecular complexity index is 300. The largest absolute Gasteiger partial charge is 0.491 e. The molecule has 0 radical (unpaired) electrons. The van der Waals surface area contributed by atoms with Crippen LogP contribution in [0.15, 0.2) is 18.2 Å². The van der Waals surface area contributed by atoms with Crippen LogP contribution in [0, 0.1) is 6.92 Å². The SMILES string of the molecule is CCCOCCOc1cccc(Cl)c1C. The van der Waals surface area contributed by atoms with Crippen LogP contribution in [0.1, 0.15) is 18.9 Å². The minimum Gasteiger partial charge on any atom is -0.491 e. The zero-order valence-electron chi connectivity index (χ0n) is 9.25. The fourth-order valence-electron chi connectivity index (χ4n) is 1.20. The molecule has 0 aromatic heterocycles. The summed E-state index contributed by atoms with van der Waals surface area (Å²) < 4.78 is 10.9. The van der Waals surface area contributed by atoms with Gasteiger partial charge in [0.1, 0.15) is 12.4 Å². The Morgan fingerprint density at radius 3 is 2.73 bits per heavy atom. The normalized spacial score (nSPS) is 10.3. The van der Waals surface area contributed by atoms with Crippen LogP contribution in [0.2, 0.25) is 5.02 Å². The van der Waals surface area contributed by atoms with E-state index in [0.717, 1.165) is 29.4 Å². The molecule has 0 saturated carbocycles. The van der Waals surface area contributed by atoms with Gasteiger partial charge in [0.15, 0.2) is 0 Å². The monoisotopic (exact) mass is 228 g/mol. The Balaban J connectivity index is 2.34. The highest BCUT2D eigenvalue weighted by Gasteiger charge is 2.02. The van der Waals surface area contributed by atoms with Crippen LogP contribution in [0.4, 0.5) is 0 Å². The fraction of sp³-hybridized carbons (Fsp3) is 0.500. The molecule has 15 heavy (non-hydrogen) atoms. The van der Waals surface area contributed by atoms with E-state index in [1.54, 1.807) is 0 Å². The van der Waals surface area contributed by atoms with Crippen LogP contribution >= 0.6 is 11.6 Å². The second kappa shape index (κ2) is 6.70. The van der Waals surface area contributed by atoms with Gasteiger partial charge in [0, 0.05) is 17.2 Å². The molecule has 0 unspecified atom stereocenters. The zero-order valence-corrected chi connectivity index (χ0v) is 10.0. The Hall–Kier alpha value is -0.730. The molecule has 84 valence electrons. The molecule has 0 N–H and O–H groups in total. The highest BCUT2D eigenvalue weighted by Crippen LogP contribution is 2.24. The van der Waals surface area contributed by atoms with Crippen LogP contribution in [0.25, 0.3) is 0 Å². The lowest BCUT2D eigenvalue weighted by atomic mass is 10.2. The van der Waals surface area contributed by atoms with E-state index in [-0.39, 0.29) is 0 Å². The average Bonchev–Trinajstić information content (AvgIpc) is 2.24. The van der Waals surface area contributed by atoms with Crippen molar-refractivity contribution in [3.8, 4) is 5.75 Å². The molecule has 0 atom stereocenters. The van der Waals surface area contributed by atoms with Gasteiger partial charge < -0.3 is 9.47 Å². The first-order valence-corrected chi connectivity index (χ1v) is 5.59. The predicted molar refractivity (Wildman–Crippen MR) is 62.8 cm³/mol. The summed E-state index contributed by atoms with van der Waals surface area (Å²) in [6, 6.07) is 5.66. The van der Waals surface area contributed by atoms with Gasteiger partial charge in [-0.25, -0.2) is 0 Å². The summed E-state index contributed by atoms with van der Waals surface area (Å²) in [5.41, 5.74) is 0.981. The second-order valence-electron chi connectivity index (χ2n) is 3.32. The molecular weight excluding hydrogens is 212 g/mol. The van der Waals surface area contributed by atoms with Crippen molar-refractivity contribution in [2.75, 3.05) is 19.8 Å². The Kier molecular flexibility index (Phi) is 5.51. The van der Waals surface area contributed by atoms with Gasteiger partial charge in [0.25, 0.3) is 0 Å². The lowest BCUT2D eigenvalue weighted by Crippen LogP contribution is -2.07. The predicted octanol–water partition coefficient (Wildman–Crippen LogP) is 3.45. The van der Waals surface area contributed by atoms with E-state index in [4.69, 9.17) is 21.1 Å². The van der Waals surface area contributed by atoms with Crippen molar-refractivity contribution in [3.05, 3.63) is 28.8 Å². The van der Waals surface area contributed by atoms with E-state index in [1.165, 1.54) is 0 Å². The van der Waals surface area contributed by atoms with Crippen molar-refractivity contribution < 1.29 is 9.47 Å². The Labute approximate surface area is 96.2 Å². The summed E-state index contributed by atoms with van der Waals surface area (Å²) in [6.07, 6.45) is 1.04. The molecule has 0 amide bonds. The van der Waals surface area contributed by atoms with Crippen molar-refractivity contribution in [1.29, 1.82) is 0 Å². The first-order valence-electron chi connectivity index (χ1n) is 5.21. The van der Waals surface area contributed by atoms with E-state index >= 15 is 0 Å². The maximum atomic E-state index is 5.97.